The number of hydrogen-bond donors (Lipinski definition) is 3. The molecule has 9 nitrogen and oxygen atoms in total. The zero-order valence-corrected chi connectivity index (χ0v) is 18.3. The molecule has 0 radical (unpaired) electrons. The maximum Gasteiger partial charge on any atom is 0.293 e. The third-order valence-electron chi connectivity index (χ3n) is 5.25. The molecule has 170 valence electrons. The third kappa shape index (κ3) is 6.52. The van der Waals surface area contributed by atoms with Gasteiger partial charge in [-0.25, -0.2) is 0 Å². The van der Waals surface area contributed by atoms with E-state index in [9.17, 15) is 19.7 Å². The van der Waals surface area contributed by atoms with Gasteiger partial charge in [0.05, 0.1) is 11.5 Å². The summed E-state index contributed by atoms with van der Waals surface area (Å²) in [5.41, 5.74) is 1.31. The molecule has 1 heterocycles. The summed E-state index contributed by atoms with van der Waals surface area (Å²) in [6, 6.07) is 13.8. The minimum absolute atomic E-state index is 0.0532. The Labute approximate surface area is 187 Å². The van der Waals surface area contributed by atoms with Crippen LogP contribution in [0.3, 0.4) is 0 Å². The van der Waals surface area contributed by atoms with Gasteiger partial charge in [0.15, 0.2) is 0 Å². The van der Waals surface area contributed by atoms with Crippen LogP contribution < -0.4 is 16.0 Å². The summed E-state index contributed by atoms with van der Waals surface area (Å²) in [5, 5.41) is 20.4. The highest BCUT2D eigenvalue weighted by Crippen LogP contribution is 2.28. The zero-order chi connectivity index (χ0) is 23.1. The first-order chi connectivity index (χ1) is 15.3. The maximum absolute atomic E-state index is 12.3. The highest BCUT2D eigenvalue weighted by Gasteiger charge is 2.24. The number of nitro benzene ring substituents is 1. The lowest BCUT2D eigenvalue weighted by molar-refractivity contribution is -0.384. The minimum atomic E-state index is -0.475. The van der Waals surface area contributed by atoms with Gasteiger partial charge in [0.25, 0.3) is 11.6 Å². The lowest BCUT2D eigenvalue weighted by Crippen LogP contribution is -2.42. The minimum Gasteiger partial charge on any atom is -0.377 e. The van der Waals surface area contributed by atoms with E-state index in [2.05, 4.69) is 20.9 Å². The molecule has 2 amide bonds. The third-order valence-corrected chi connectivity index (χ3v) is 5.25. The van der Waals surface area contributed by atoms with E-state index in [1.165, 1.54) is 6.07 Å². The fraction of sp³-hybridized carbons (Fsp3) is 0.391. The Balaban J connectivity index is 1.54. The van der Waals surface area contributed by atoms with Crippen molar-refractivity contribution in [1.29, 1.82) is 0 Å². The Bertz CT molecular complexity index is 956. The molecule has 0 bridgehead atoms. The molecule has 1 aliphatic heterocycles. The molecule has 9 heteroatoms. The first kappa shape index (κ1) is 23.2. The number of piperidine rings is 1. The number of amides is 2. The molecule has 0 aliphatic carbocycles. The molecule has 0 unspecified atom stereocenters. The van der Waals surface area contributed by atoms with Crippen molar-refractivity contribution in [3.8, 4) is 0 Å². The number of nitrogens with one attached hydrogen (secondary N) is 3. The van der Waals surface area contributed by atoms with E-state index in [-0.39, 0.29) is 35.1 Å². The van der Waals surface area contributed by atoms with Gasteiger partial charge in [-0.3, -0.25) is 24.6 Å². The average Bonchev–Trinajstić information content (AvgIpc) is 2.75. The lowest BCUT2D eigenvalue weighted by atomic mass is 10.0. The quantitative estimate of drug-likeness (QED) is 0.429. The van der Waals surface area contributed by atoms with Crippen LogP contribution in [0, 0.1) is 10.1 Å². The Morgan fingerprint density at radius 3 is 2.44 bits per heavy atom. The lowest BCUT2D eigenvalue weighted by Gasteiger charge is -2.32. The van der Waals surface area contributed by atoms with E-state index in [4.69, 9.17) is 0 Å². The molecule has 0 spiro atoms. The Morgan fingerprint density at radius 1 is 1.12 bits per heavy atom. The maximum atomic E-state index is 12.3. The molecular formula is C23H29N5O4. The summed E-state index contributed by atoms with van der Waals surface area (Å²) in [6.45, 7) is 5.40. The van der Waals surface area contributed by atoms with E-state index < -0.39 is 4.92 Å². The molecule has 1 fully saturated rings. The van der Waals surface area contributed by atoms with E-state index >= 15 is 0 Å². The van der Waals surface area contributed by atoms with Crippen LogP contribution in [-0.4, -0.2) is 53.4 Å². The van der Waals surface area contributed by atoms with Crippen molar-refractivity contribution in [2.75, 3.05) is 30.3 Å². The SMILES string of the molecule is CC(C)NC(=O)c1ccc(NC2CCN(CC(=O)Nc3ccccc3)CC2)c([N+](=O)[O-])c1. The van der Waals surface area contributed by atoms with E-state index in [0.717, 1.165) is 18.5 Å². The second kappa shape index (κ2) is 10.7. The number of nitro groups is 1. The van der Waals surface area contributed by atoms with Gasteiger partial charge in [-0.2, -0.15) is 0 Å². The average molecular weight is 440 g/mol. The first-order valence-corrected chi connectivity index (χ1v) is 10.7. The van der Waals surface area contributed by atoms with Crippen molar-refractivity contribution in [1.82, 2.24) is 10.2 Å². The topological polar surface area (TPSA) is 117 Å². The normalized spacial score (nSPS) is 14.7. The molecule has 0 aromatic heterocycles. The van der Waals surface area contributed by atoms with Gasteiger partial charge in [0.2, 0.25) is 5.91 Å². The number of nitrogens with zero attached hydrogens (tertiary/aromatic N) is 2. The van der Waals surface area contributed by atoms with Crippen LogP contribution in [0.25, 0.3) is 0 Å². The fourth-order valence-corrected chi connectivity index (χ4v) is 3.67. The second-order valence-electron chi connectivity index (χ2n) is 8.23. The molecular weight excluding hydrogens is 410 g/mol. The molecule has 0 saturated carbocycles. The highest BCUT2D eigenvalue weighted by molar-refractivity contribution is 5.96. The Kier molecular flexibility index (Phi) is 7.77. The first-order valence-electron chi connectivity index (χ1n) is 10.7. The van der Waals surface area contributed by atoms with Crippen molar-refractivity contribution in [2.24, 2.45) is 0 Å². The summed E-state index contributed by atoms with van der Waals surface area (Å²) in [6.07, 6.45) is 1.51. The summed E-state index contributed by atoms with van der Waals surface area (Å²) in [5.74, 6) is -0.398. The molecule has 3 N–H and O–H groups in total. The van der Waals surface area contributed by atoms with Crippen molar-refractivity contribution in [2.45, 2.75) is 38.8 Å². The van der Waals surface area contributed by atoms with E-state index in [1.807, 2.05) is 44.2 Å². The number of rotatable bonds is 8. The predicted octanol–water partition coefficient (Wildman–Crippen LogP) is 3.25. The smallest absolute Gasteiger partial charge is 0.293 e. The van der Waals surface area contributed by atoms with Crippen molar-refractivity contribution < 1.29 is 14.5 Å². The van der Waals surface area contributed by atoms with Gasteiger partial charge in [0.1, 0.15) is 5.69 Å². The Morgan fingerprint density at radius 2 is 1.81 bits per heavy atom. The van der Waals surface area contributed by atoms with Crippen molar-refractivity contribution in [3.63, 3.8) is 0 Å². The van der Waals surface area contributed by atoms with Gasteiger partial charge in [-0.1, -0.05) is 18.2 Å². The van der Waals surface area contributed by atoms with Crippen molar-refractivity contribution >= 4 is 28.9 Å². The van der Waals surface area contributed by atoms with Crippen LogP contribution in [0.4, 0.5) is 17.1 Å². The van der Waals surface area contributed by atoms with E-state index in [1.54, 1.807) is 12.1 Å². The van der Waals surface area contributed by atoms with Gasteiger partial charge in [-0.05, 0) is 51.0 Å². The molecule has 1 aliphatic rings. The van der Waals surface area contributed by atoms with Crippen LogP contribution in [0.2, 0.25) is 0 Å². The number of hydrogen-bond acceptors (Lipinski definition) is 6. The fourth-order valence-electron chi connectivity index (χ4n) is 3.67. The molecule has 1 saturated heterocycles. The molecule has 2 aromatic rings. The second-order valence-corrected chi connectivity index (χ2v) is 8.23. The van der Waals surface area contributed by atoms with Crippen molar-refractivity contribution in [3.05, 3.63) is 64.2 Å². The van der Waals surface area contributed by atoms with Crippen LogP contribution in [0.15, 0.2) is 48.5 Å². The summed E-state index contributed by atoms with van der Waals surface area (Å²) < 4.78 is 0. The number of carbonyl (C=O) groups is 2. The zero-order valence-electron chi connectivity index (χ0n) is 18.3. The molecule has 2 aromatic carbocycles. The van der Waals surface area contributed by atoms with E-state index in [0.29, 0.717) is 25.3 Å². The number of benzene rings is 2. The van der Waals surface area contributed by atoms with Crippen LogP contribution in [0.1, 0.15) is 37.0 Å². The molecule has 3 rings (SSSR count). The number of para-hydroxylation sites is 1. The van der Waals surface area contributed by atoms with Gasteiger partial charge in [0, 0.05) is 42.5 Å². The summed E-state index contributed by atoms with van der Waals surface area (Å²) in [7, 11) is 0. The number of anilines is 2. The van der Waals surface area contributed by atoms with Gasteiger partial charge >= 0.3 is 0 Å². The largest absolute Gasteiger partial charge is 0.377 e. The van der Waals surface area contributed by atoms with Crippen LogP contribution >= 0.6 is 0 Å². The Hall–Kier alpha value is -3.46. The highest BCUT2D eigenvalue weighted by atomic mass is 16.6. The molecule has 32 heavy (non-hydrogen) atoms. The monoisotopic (exact) mass is 439 g/mol. The number of likely N-dealkylation sites (tertiary alicyclic amines) is 1. The summed E-state index contributed by atoms with van der Waals surface area (Å²) in [4.78, 5) is 37.6. The number of carbonyl (C=O) groups excluding carboxylic acids is 2. The van der Waals surface area contributed by atoms with Crippen LogP contribution in [0.5, 0.6) is 0 Å². The predicted molar refractivity (Wildman–Crippen MR) is 124 cm³/mol. The summed E-state index contributed by atoms with van der Waals surface area (Å²) >= 11 is 0. The van der Waals surface area contributed by atoms with Gasteiger partial charge in [-0.15, -0.1) is 0 Å². The van der Waals surface area contributed by atoms with Crippen LogP contribution in [-0.2, 0) is 4.79 Å². The van der Waals surface area contributed by atoms with Gasteiger partial charge < -0.3 is 16.0 Å². The standard InChI is InChI=1S/C23H29N5O4/c1-16(2)24-23(30)17-8-9-20(21(14-17)28(31)32)25-19-10-12-27(13-11-19)15-22(29)26-18-6-4-3-5-7-18/h3-9,14,16,19,25H,10-13,15H2,1-2H3,(H,24,30)(H,26,29). The molecule has 0 atom stereocenters.